The number of carbonyl (C=O) groups is 2. The van der Waals surface area contributed by atoms with Gasteiger partial charge in [-0.15, -0.1) is 23.2 Å². The number of rotatable bonds is 6. The van der Waals surface area contributed by atoms with E-state index in [1.807, 2.05) is 0 Å². The predicted molar refractivity (Wildman–Crippen MR) is 101 cm³/mol. The highest BCUT2D eigenvalue weighted by Gasteiger charge is 1.95. The molecule has 0 aromatic carbocycles. The van der Waals surface area contributed by atoms with Gasteiger partial charge >= 0.3 is 12.2 Å². The molecule has 26 heavy (non-hydrogen) atoms. The van der Waals surface area contributed by atoms with Gasteiger partial charge in [0.25, 0.3) is 0 Å². The van der Waals surface area contributed by atoms with E-state index in [9.17, 15) is 9.59 Å². The average Bonchev–Trinajstić information content (AvgIpc) is 2.63. The van der Waals surface area contributed by atoms with Crippen molar-refractivity contribution in [3.05, 3.63) is 0 Å². The first-order valence-electron chi connectivity index (χ1n) is 7.64. The van der Waals surface area contributed by atoms with Gasteiger partial charge in [-0.05, 0) is 25.7 Å². The summed E-state index contributed by atoms with van der Waals surface area (Å²) in [4.78, 5) is 20.8. The minimum Gasteiger partial charge on any atom is -0.450 e. The van der Waals surface area contributed by atoms with Crippen molar-refractivity contribution in [1.29, 1.82) is 0 Å². The smallest absolute Gasteiger partial charge is 0.407 e. The van der Waals surface area contributed by atoms with Gasteiger partial charge in [0, 0.05) is 24.8 Å². The molecule has 0 fully saturated rings. The quantitative estimate of drug-likeness (QED) is 0.380. The SMILES string of the molecule is CCOC(=O)NCCCl.CCOC(=O)NCCCl.OCC#CC#CCO. The third-order valence-corrected chi connectivity index (χ3v) is 2.05. The van der Waals surface area contributed by atoms with Crippen LogP contribution < -0.4 is 10.6 Å². The highest BCUT2D eigenvalue weighted by Crippen LogP contribution is 1.77. The van der Waals surface area contributed by atoms with Gasteiger partial charge in [-0.25, -0.2) is 9.59 Å². The van der Waals surface area contributed by atoms with Crippen molar-refractivity contribution >= 4 is 35.4 Å². The van der Waals surface area contributed by atoms with Gasteiger partial charge in [0.15, 0.2) is 0 Å². The zero-order chi connectivity index (χ0) is 20.5. The Hall–Kier alpha value is -1.84. The monoisotopic (exact) mass is 412 g/mol. The van der Waals surface area contributed by atoms with Crippen molar-refractivity contribution in [2.24, 2.45) is 0 Å². The molecule has 0 aromatic heterocycles. The molecule has 10 heteroatoms. The van der Waals surface area contributed by atoms with Crippen molar-refractivity contribution in [3.63, 3.8) is 0 Å². The second kappa shape index (κ2) is 28.0. The Morgan fingerprint density at radius 3 is 1.42 bits per heavy atom. The molecule has 0 saturated heterocycles. The molecular formula is C16H26Cl2N2O6. The average molecular weight is 413 g/mol. The maximum Gasteiger partial charge on any atom is 0.407 e. The van der Waals surface area contributed by atoms with E-state index in [4.69, 9.17) is 33.4 Å². The number of nitrogens with one attached hydrogen (secondary N) is 2. The fourth-order valence-corrected chi connectivity index (χ4v) is 1.02. The van der Waals surface area contributed by atoms with Crippen molar-refractivity contribution in [3.8, 4) is 23.7 Å². The maximum atomic E-state index is 10.4. The molecule has 0 saturated carbocycles. The second-order valence-corrected chi connectivity index (χ2v) is 4.35. The van der Waals surface area contributed by atoms with Crippen LogP contribution >= 0.6 is 23.2 Å². The molecule has 0 bridgehead atoms. The first-order chi connectivity index (χ1) is 12.5. The standard InChI is InChI=1S/C6H6O2.2C5H10ClNO2/c7-5-3-1-2-4-6-8;2*1-2-9-5(8)7-4-3-6/h7-8H,5-6H2;2*2-4H2,1H3,(H,7,8). The Morgan fingerprint density at radius 2 is 1.19 bits per heavy atom. The Bertz CT molecular complexity index is 413. The van der Waals surface area contributed by atoms with Gasteiger partial charge in [0.05, 0.1) is 13.2 Å². The third kappa shape index (κ3) is 33.7. The van der Waals surface area contributed by atoms with E-state index in [2.05, 4.69) is 43.8 Å². The molecule has 4 N–H and O–H groups in total. The number of halogens is 2. The van der Waals surface area contributed by atoms with Gasteiger partial charge in [-0.2, -0.15) is 0 Å². The lowest BCUT2D eigenvalue weighted by molar-refractivity contribution is 0.152. The van der Waals surface area contributed by atoms with E-state index in [1.54, 1.807) is 13.8 Å². The molecule has 0 aromatic rings. The van der Waals surface area contributed by atoms with Crippen molar-refractivity contribution in [2.45, 2.75) is 13.8 Å². The number of carbonyl (C=O) groups excluding carboxylic acids is 2. The van der Waals surface area contributed by atoms with Crippen LogP contribution in [0.4, 0.5) is 9.59 Å². The van der Waals surface area contributed by atoms with Crippen LogP contribution in [0.25, 0.3) is 0 Å². The highest BCUT2D eigenvalue weighted by atomic mass is 35.5. The van der Waals surface area contributed by atoms with E-state index < -0.39 is 12.2 Å². The minimum atomic E-state index is -0.404. The molecule has 0 spiro atoms. The molecule has 8 nitrogen and oxygen atoms in total. The van der Waals surface area contributed by atoms with E-state index in [0.717, 1.165) is 0 Å². The molecule has 0 aliphatic rings. The van der Waals surface area contributed by atoms with Crippen LogP contribution in [0.5, 0.6) is 0 Å². The van der Waals surface area contributed by atoms with Gasteiger partial charge in [0.1, 0.15) is 13.2 Å². The summed E-state index contributed by atoms with van der Waals surface area (Å²) in [6, 6.07) is 0. The van der Waals surface area contributed by atoms with Crippen molar-refractivity contribution < 1.29 is 29.3 Å². The van der Waals surface area contributed by atoms with Crippen LogP contribution in [-0.4, -0.2) is 73.7 Å². The normalized spacial score (nSPS) is 7.77. The number of amides is 2. The molecule has 150 valence electrons. The van der Waals surface area contributed by atoms with Crippen LogP contribution in [-0.2, 0) is 9.47 Å². The zero-order valence-electron chi connectivity index (χ0n) is 14.9. The largest absolute Gasteiger partial charge is 0.450 e. The van der Waals surface area contributed by atoms with E-state index >= 15 is 0 Å². The highest BCUT2D eigenvalue weighted by molar-refractivity contribution is 6.18. The Kier molecular flexibility index (Phi) is 31.2. The number of aliphatic hydroxyl groups excluding tert-OH is 2. The fourth-order valence-electron chi connectivity index (χ4n) is 0.830. The topological polar surface area (TPSA) is 117 Å². The first-order valence-corrected chi connectivity index (χ1v) is 8.71. The lowest BCUT2D eigenvalue weighted by Crippen LogP contribution is -2.25. The molecule has 0 unspecified atom stereocenters. The lowest BCUT2D eigenvalue weighted by atomic mass is 10.5. The van der Waals surface area contributed by atoms with Crippen LogP contribution in [0.3, 0.4) is 0 Å². The molecule has 0 rings (SSSR count). The van der Waals surface area contributed by atoms with Crippen LogP contribution in [0.15, 0.2) is 0 Å². The van der Waals surface area contributed by atoms with Crippen LogP contribution in [0, 0.1) is 23.7 Å². The molecule has 2 amide bonds. The number of hydrogen-bond acceptors (Lipinski definition) is 6. The van der Waals surface area contributed by atoms with Crippen LogP contribution in [0.1, 0.15) is 13.8 Å². The van der Waals surface area contributed by atoms with Gasteiger partial charge in [-0.1, -0.05) is 11.8 Å². The number of alkyl halides is 2. The first kappa shape index (κ1) is 28.9. The summed E-state index contributed by atoms with van der Waals surface area (Å²) in [5, 5.41) is 21.0. The summed E-state index contributed by atoms with van der Waals surface area (Å²) in [5.74, 6) is 10.1. The Morgan fingerprint density at radius 1 is 0.846 bits per heavy atom. The number of alkyl carbamates (subject to hydrolysis) is 2. The van der Waals surface area contributed by atoms with Crippen LogP contribution in [0.2, 0.25) is 0 Å². The summed E-state index contributed by atoms with van der Waals surface area (Å²) in [7, 11) is 0. The minimum absolute atomic E-state index is 0.180. The second-order valence-electron chi connectivity index (χ2n) is 3.59. The molecule has 0 aliphatic heterocycles. The number of aliphatic hydroxyl groups is 2. The van der Waals surface area contributed by atoms with Gasteiger partial charge < -0.3 is 30.3 Å². The number of ether oxygens (including phenoxy) is 2. The maximum absolute atomic E-state index is 10.4. The van der Waals surface area contributed by atoms with Gasteiger partial charge in [0.2, 0.25) is 0 Å². The summed E-state index contributed by atoms with van der Waals surface area (Å²) < 4.78 is 9.07. The van der Waals surface area contributed by atoms with E-state index in [-0.39, 0.29) is 13.2 Å². The zero-order valence-corrected chi connectivity index (χ0v) is 16.5. The Labute approximate surface area is 164 Å². The number of hydrogen-bond donors (Lipinski definition) is 4. The predicted octanol–water partition coefficient (Wildman–Crippen LogP) is 0.920. The molecule has 0 radical (unpaired) electrons. The molecule has 0 heterocycles. The lowest BCUT2D eigenvalue weighted by Gasteiger charge is -2.00. The molecule has 0 aliphatic carbocycles. The van der Waals surface area contributed by atoms with E-state index in [0.29, 0.717) is 38.1 Å². The summed E-state index contributed by atoms with van der Waals surface area (Å²) in [6.07, 6.45) is -0.809. The fraction of sp³-hybridized carbons (Fsp3) is 0.625. The third-order valence-electron chi connectivity index (χ3n) is 1.68. The van der Waals surface area contributed by atoms with Crippen molar-refractivity contribution in [2.75, 3.05) is 51.3 Å². The summed E-state index contributed by atoms with van der Waals surface area (Å²) in [6.45, 7) is 4.85. The molecular weight excluding hydrogens is 387 g/mol. The van der Waals surface area contributed by atoms with Gasteiger partial charge in [-0.3, -0.25) is 0 Å². The summed E-state index contributed by atoms with van der Waals surface area (Å²) >= 11 is 10.6. The summed E-state index contributed by atoms with van der Waals surface area (Å²) in [5.41, 5.74) is 0. The Balaban J connectivity index is -0.000000306. The molecule has 0 atom stereocenters. The van der Waals surface area contributed by atoms with E-state index in [1.165, 1.54) is 0 Å². The van der Waals surface area contributed by atoms with Crippen molar-refractivity contribution in [1.82, 2.24) is 10.6 Å².